The summed E-state index contributed by atoms with van der Waals surface area (Å²) in [6.07, 6.45) is 1.44. The second-order valence-corrected chi connectivity index (χ2v) is 6.03. The smallest absolute Gasteiger partial charge is 0.320 e. The Labute approximate surface area is 149 Å². The van der Waals surface area contributed by atoms with E-state index in [9.17, 15) is 9.18 Å². The Balaban J connectivity index is 2.05. The second-order valence-electron chi connectivity index (χ2n) is 6.03. The van der Waals surface area contributed by atoms with E-state index in [2.05, 4.69) is 0 Å². The number of rotatable bonds is 10. The molecule has 0 fully saturated rings. The number of alkyl halides is 1. The maximum absolute atomic E-state index is 13.8. The first-order chi connectivity index (χ1) is 12.2. The van der Waals surface area contributed by atoms with Crippen molar-refractivity contribution >= 4 is 5.97 Å². The van der Waals surface area contributed by atoms with Gasteiger partial charge in [-0.1, -0.05) is 60.7 Å². The highest BCUT2D eigenvalue weighted by Crippen LogP contribution is 2.15. The van der Waals surface area contributed by atoms with E-state index in [1.165, 1.54) is 5.56 Å². The van der Waals surface area contributed by atoms with Crippen molar-refractivity contribution in [3.05, 3.63) is 71.8 Å². The normalized spacial score (nSPS) is 12.1. The van der Waals surface area contributed by atoms with E-state index in [1.807, 2.05) is 65.6 Å². The van der Waals surface area contributed by atoms with Crippen LogP contribution in [-0.4, -0.2) is 36.7 Å². The van der Waals surface area contributed by atoms with Gasteiger partial charge in [0.25, 0.3) is 0 Å². The van der Waals surface area contributed by atoms with Gasteiger partial charge in [0, 0.05) is 12.6 Å². The van der Waals surface area contributed by atoms with Gasteiger partial charge in [-0.15, -0.1) is 0 Å². The number of benzene rings is 2. The molecule has 25 heavy (non-hydrogen) atoms. The standard InChI is InChI=1S/C21H26FNO2/c1-2-25-21(24)17-23(16-19-11-7-4-8-12-19)20(15-22)14-13-18-9-5-3-6-10-18/h3-12,20H,2,13-17H2,1H3. The van der Waals surface area contributed by atoms with Gasteiger partial charge in [0.1, 0.15) is 6.67 Å². The molecular formula is C21H26FNO2. The van der Waals surface area contributed by atoms with Crippen LogP contribution < -0.4 is 0 Å². The van der Waals surface area contributed by atoms with Gasteiger partial charge in [-0.2, -0.15) is 0 Å². The maximum atomic E-state index is 13.8. The summed E-state index contributed by atoms with van der Waals surface area (Å²) in [6.45, 7) is 2.26. The van der Waals surface area contributed by atoms with E-state index >= 15 is 0 Å². The largest absolute Gasteiger partial charge is 0.465 e. The Bertz CT molecular complexity index is 618. The molecule has 0 heterocycles. The Kier molecular flexibility index (Phi) is 8.13. The molecule has 2 aromatic rings. The summed E-state index contributed by atoms with van der Waals surface area (Å²) in [5.74, 6) is -0.309. The van der Waals surface area contributed by atoms with Crippen molar-refractivity contribution in [2.24, 2.45) is 0 Å². The Morgan fingerprint density at radius 3 is 2.20 bits per heavy atom. The fourth-order valence-corrected chi connectivity index (χ4v) is 2.84. The fourth-order valence-electron chi connectivity index (χ4n) is 2.84. The van der Waals surface area contributed by atoms with Crippen LogP contribution in [0.3, 0.4) is 0 Å². The molecule has 0 saturated heterocycles. The van der Waals surface area contributed by atoms with Gasteiger partial charge < -0.3 is 4.74 Å². The highest BCUT2D eigenvalue weighted by molar-refractivity contribution is 5.71. The van der Waals surface area contributed by atoms with Crippen molar-refractivity contribution < 1.29 is 13.9 Å². The maximum Gasteiger partial charge on any atom is 0.320 e. The highest BCUT2D eigenvalue weighted by atomic mass is 19.1. The van der Waals surface area contributed by atoms with Crippen LogP contribution in [0.5, 0.6) is 0 Å². The van der Waals surface area contributed by atoms with Crippen molar-refractivity contribution in [1.29, 1.82) is 0 Å². The summed E-state index contributed by atoms with van der Waals surface area (Å²) in [4.78, 5) is 13.8. The van der Waals surface area contributed by atoms with E-state index in [0.29, 0.717) is 19.6 Å². The van der Waals surface area contributed by atoms with E-state index in [-0.39, 0.29) is 18.6 Å². The zero-order chi connectivity index (χ0) is 17.9. The summed E-state index contributed by atoms with van der Waals surface area (Å²) in [5.41, 5.74) is 2.24. The zero-order valence-corrected chi connectivity index (χ0v) is 14.7. The summed E-state index contributed by atoms with van der Waals surface area (Å²) in [7, 11) is 0. The number of ether oxygens (including phenoxy) is 1. The number of hydrogen-bond acceptors (Lipinski definition) is 3. The number of esters is 1. The van der Waals surface area contributed by atoms with Gasteiger partial charge >= 0.3 is 5.97 Å². The van der Waals surface area contributed by atoms with Crippen molar-refractivity contribution in [2.75, 3.05) is 19.8 Å². The number of hydrogen-bond donors (Lipinski definition) is 0. The van der Waals surface area contributed by atoms with Crippen LogP contribution in [0.2, 0.25) is 0 Å². The molecule has 0 N–H and O–H groups in total. The lowest BCUT2D eigenvalue weighted by Crippen LogP contribution is -2.41. The van der Waals surface area contributed by atoms with Crippen LogP contribution in [0.4, 0.5) is 4.39 Å². The van der Waals surface area contributed by atoms with Crippen molar-refractivity contribution in [3.8, 4) is 0 Å². The third-order valence-electron chi connectivity index (χ3n) is 4.17. The van der Waals surface area contributed by atoms with Crippen LogP contribution in [0, 0.1) is 0 Å². The average molecular weight is 343 g/mol. The molecule has 0 aromatic heterocycles. The minimum atomic E-state index is -0.487. The first-order valence-electron chi connectivity index (χ1n) is 8.76. The molecule has 0 bridgehead atoms. The first kappa shape index (κ1) is 19.1. The molecule has 0 aliphatic carbocycles. The first-order valence-corrected chi connectivity index (χ1v) is 8.76. The minimum Gasteiger partial charge on any atom is -0.465 e. The third kappa shape index (κ3) is 6.67. The zero-order valence-electron chi connectivity index (χ0n) is 14.7. The summed E-state index contributed by atoms with van der Waals surface area (Å²) >= 11 is 0. The molecule has 2 rings (SSSR count). The van der Waals surface area contributed by atoms with Crippen LogP contribution in [0.15, 0.2) is 60.7 Å². The van der Waals surface area contributed by atoms with Gasteiger partial charge in [0.2, 0.25) is 0 Å². The van der Waals surface area contributed by atoms with Crippen LogP contribution in [0.1, 0.15) is 24.5 Å². The highest BCUT2D eigenvalue weighted by Gasteiger charge is 2.22. The van der Waals surface area contributed by atoms with Crippen LogP contribution in [0.25, 0.3) is 0 Å². The number of halogens is 1. The van der Waals surface area contributed by atoms with Gasteiger partial charge in [-0.05, 0) is 30.9 Å². The monoisotopic (exact) mass is 343 g/mol. The SMILES string of the molecule is CCOC(=O)CN(Cc1ccccc1)C(CF)CCc1ccccc1. The Morgan fingerprint density at radius 2 is 1.64 bits per heavy atom. The molecule has 1 atom stereocenters. The van der Waals surface area contributed by atoms with Gasteiger partial charge in [0.15, 0.2) is 0 Å². The average Bonchev–Trinajstić information content (AvgIpc) is 2.64. The van der Waals surface area contributed by atoms with E-state index in [4.69, 9.17) is 4.74 Å². The molecule has 1 unspecified atom stereocenters. The van der Waals surface area contributed by atoms with Crippen molar-refractivity contribution in [3.63, 3.8) is 0 Å². The molecule has 0 spiro atoms. The topological polar surface area (TPSA) is 29.5 Å². The third-order valence-corrected chi connectivity index (χ3v) is 4.17. The van der Waals surface area contributed by atoms with Crippen molar-refractivity contribution in [1.82, 2.24) is 4.90 Å². The Morgan fingerprint density at radius 1 is 1.04 bits per heavy atom. The second kappa shape index (κ2) is 10.6. The minimum absolute atomic E-state index is 0.103. The number of carbonyl (C=O) groups excluding carboxylic acids is 1. The van der Waals surface area contributed by atoms with E-state index in [0.717, 1.165) is 12.0 Å². The lowest BCUT2D eigenvalue weighted by molar-refractivity contribution is -0.145. The predicted molar refractivity (Wildman–Crippen MR) is 98.0 cm³/mol. The number of nitrogens with zero attached hydrogens (tertiary/aromatic N) is 1. The van der Waals surface area contributed by atoms with Crippen LogP contribution in [-0.2, 0) is 22.5 Å². The summed E-state index contributed by atoms with van der Waals surface area (Å²) in [5, 5.41) is 0. The fraction of sp³-hybridized carbons (Fsp3) is 0.381. The predicted octanol–water partition coefficient (Wildman–Crippen LogP) is 4.02. The number of carbonyl (C=O) groups is 1. The molecule has 134 valence electrons. The van der Waals surface area contributed by atoms with Gasteiger partial charge in [-0.25, -0.2) is 4.39 Å². The van der Waals surface area contributed by atoms with E-state index in [1.54, 1.807) is 6.92 Å². The molecule has 0 amide bonds. The molecule has 0 aliphatic rings. The molecule has 3 nitrogen and oxygen atoms in total. The Hall–Kier alpha value is -2.20. The van der Waals surface area contributed by atoms with Crippen molar-refractivity contribution in [2.45, 2.75) is 32.4 Å². The summed E-state index contributed by atoms with van der Waals surface area (Å²) in [6, 6.07) is 19.5. The molecular weight excluding hydrogens is 317 g/mol. The lowest BCUT2D eigenvalue weighted by atomic mass is 10.0. The molecule has 2 aromatic carbocycles. The molecule has 0 radical (unpaired) electrons. The van der Waals surface area contributed by atoms with E-state index < -0.39 is 6.67 Å². The molecule has 4 heteroatoms. The number of aryl methyl sites for hydroxylation is 1. The molecule has 0 aliphatic heterocycles. The quantitative estimate of drug-likeness (QED) is 0.610. The van der Waals surface area contributed by atoms with Gasteiger partial charge in [-0.3, -0.25) is 9.69 Å². The van der Waals surface area contributed by atoms with Crippen LogP contribution >= 0.6 is 0 Å². The lowest BCUT2D eigenvalue weighted by Gasteiger charge is -2.29. The summed E-state index contributed by atoms with van der Waals surface area (Å²) < 4.78 is 18.8. The van der Waals surface area contributed by atoms with Gasteiger partial charge in [0.05, 0.1) is 13.2 Å². The molecule has 0 saturated carbocycles.